The van der Waals surface area contributed by atoms with E-state index in [-0.39, 0.29) is 6.10 Å². The molecule has 0 saturated heterocycles. The average Bonchev–Trinajstić information content (AvgIpc) is 2.34. The van der Waals surface area contributed by atoms with Gasteiger partial charge in [-0.3, -0.25) is 0 Å². The van der Waals surface area contributed by atoms with Crippen LogP contribution in [0, 0.1) is 0 Å². The lowest BCUT2D eigenvalue weighted by atomic mass is 10.3. The van der Waals surface area contributed by atoms with Gasteiger partial charge in [-0.05, 0) is 27.2 Å². The molecule has 0 bridgehead atoms. The molecule has 1 N–H and O–H groups in total. The second-order valence-corrected chi connectivity index (χ2v) is 4.48. The van der Waals surface area contributed by atoms with Crippen molar-refractivity contribution in [2.24, 2.45) is 0 Å². The highest BCUT2D eigenvalue weighted by Crippen LogP contribution is 2.14. The largest absolute Gasteiger partial charge is 0.463 e. The summed E-state index contributed by atoms with van der Waals surface area (Å²) < 4.78 is 11.0. The van der Waals surface area contributed by atoms with Crippen LogP contribution in [0.25, 0.3) is 0 Å². The summed E-state index contributed by atoms with van der Waals surface area (Å²) in [5.74, 6) is 0.485. The summed E-state index contributed by atoms with van der Waals surface area (Å²) >= 11 is 0. The SMILES string of the molecule is CCCCCOc1nc(NCC)nc(OC(C)C)n1. The summed E-state index contributed by atoms with van der Waals surface area (Å²) in [4.78, 5) is 12.5. The van der Waals surface area contributed by atoms with Crippen molar-refractivity contribution in [3.05, 3.63) is 0 Å². The number of rotatable bonds is 9. The maximum atomic E-state index is 5.54. The van der Waals surface area contributed by atoms with Gasteiger partial charge in [0, 0.05) is 6.54 Å². The average molecular weight is 268 g/mol. The van der Waals surface area contributed by atoms with Crippen molar-refractivity contribution in [3.63, 3.8) is 0 Å². The monoisotopic (exact) mass is 268 g/mol. The first kappa shape index (κ1) is 15.5. The topological polar surface area (TPSA) is 69.2 Å². The van der Waals surface area contributed by atoms with E-state index in [1.807, 2.05) is 20.8 Å². The van der Waals surface area contributed by atoms with Gasteiger partial charge in [0.2, 0.25) is 5.95 Å². The van der Waals surface area contributed by atoms with Gasteiger partial charge in [-0.1, -0.05) is 19.8 Å². The third-order valence-electron chi connectivity index (χ3n) is 2.25. The van der Waals surface area contributed by atoms with Gasteiger partial charge in [-0.25, -0.2) is 0 Å². The number of hydrogen-bond acceptors (Lipinski definition) is 6. The van der Waals surface area contributed by atoms with E-state index in [1.165, 1.54) is 0 Å². The van der Waals surface area contributed by atoms with E-state index in [0.717, 1.165) is 25.8 Å². The molecule has 6 nitrogen and oxygen atoms in total. The molecule has 0 aliphatic rings. The molecular formula is C13H24N4O2. The molecule has 0 atom stereocenters. The molecule has 1 aromatic rings. The minimum Gasteiger partial charge on any atom is -0.463 e. The van der Waals surface area contributed by atoms with E-state index in [2.05, 4.69) is 27.2 Å². The molecule has 0 saturated carbocycles. The zero-order valence-corrected chi connectivity index (χ0v) is 12.3. The van der Waals surface area contributed by atoms with Crippen LogP contribution < -0.4 is 14.8 Å². The molecule has 0 amide bonds. The number of hydrogen-bond donors (Lipinski definition) is 1. The Morgan fingerprint density at radius 2 is 1.79 bits per heavy atom. The predicted molar refractivity (Wildman–Crippen MR) is 74.8 cm³/mol. The van der Waals surface area contributed by atoms with Crippen molar-refractivity contribution in [3.8, 4) is 12.0 Å². The number of unbranched alkanes of at least 4 members (excludes halogenated alkanes) is 2. The van der Waals surface area contributed by atoms with Crippen LogP contribution in [0.5, 0.6) is 12.0 Å². The van der Waals surface area contributed by atoms with Crippen LogP contribution in [-0.4, -0.2) is 34.2 Å². The van der Waals surface area contributed by atoms with Crippen LogP contribution in [0.15, 0.2) is 0 Å². The Kier molecular flexibility index (Phi) is 6.92. The van der Waals surface area contributed by atoms with Crippen LogP contribution in [0.2, 0.25) is 0 Å². The van der Waals surface area contributed by atoms with E-state index in [4.69, 9.17) is 9.47 Å². The number of anilines is 1. The molecule has 0 fully saturated rings. The lowest BCUT2D eigenvalue weighted by molar-refractivity contribution is 0.212. The van der Waals surface area contributed by atoms with Gasteiger partial charge in [0.1, 0.15) is 0 Å². The Morgan fingerprint density at radius 3 is 2.42 bits per heavy atom. The van der Waals surface area contributed by atoms with E-state index < -0.39 is 0 Å². The first-order valence-corrected chi connectivity index (χ1v) is 6.95. The summed E-state index contributed by atoms with van der Waals surface area (Å²) in [6, 6.07) is 0.615. The third-order valence-corrected chi connectivity index (χ3v) is 2.25. The molecule has 19 heavy (non-hydrogen) atoms. The quantitative estimate of drug-likeness (QED) is 0.694. The number of nitrogens with zero attached hydrogens (tertiary/aromatic N) is 3. The number of nitrogens with one attached hydrogen (secondary N) is 1. The molecule has 1 rings (SSSR count). The predicted octanol–water partition coefficient (Wildman–Crippen LogP) is 2.66. The molecule has 0 spiro atoms. The Balaban J connectivity index is 2.68. The Morgan fingerprint density at radius 1 is 1.05 bits per heavy atom. The van der Waals surface area contributed by atoms with Gasteiger partial charge in [0.15, 0.2) is 0 Å². The summed E-state index contributed by atoms with van der Waals surface area (Å²) in [6.07, 6.45) is 3.31. The van der Waals surface area contributed by atoms with Gasteiger partial charge < -0.3 is 14.8 Å². The van der Waals surface area contributed by atoms with E-state index in [1.54, 1.807) is 0 Å². The highest BCUT2D eigenvalue weighted by molar-refractivity contribution is 5.27. The first-order valence-electron chi connectivity index (χ1n) is 6.95. The standard InChI is InChI=1S/C13H24N4O2/c1-5-7-8-9-18-12-15-11(14-6-2)16-13(17-12)19-10(3)4/h10H,5-9H2,1-4H3,(H,14,15,16,17). The lowest BCUT2D eigenvalue weighted by Gasteiger charge is -2.11. The van der Waals surface area contributed by atoms with Crippen LogP contribution in [0.1, 0.15) is 47.0 Å². The highest BCUT2D eigenvalue weighted by atomic mass is 16.5. The van der Waals surface area contributed by atoms with Crippen LogP contribution in [0.4, 0.5) is 5.95 Å². The molecule has 0 unspecified atom stereocenters. The third kappa shape index (κ3) is 6.22. The maximum absolute atomic E-state index is 5.54. The van der Waals surface area contributed by atoms with Crippen LogP contribution >= 0.6 is 0 Å². The van der Waals surface area contributed by atoms with Crippen molar-refractivity contribution < 1.29 is 9.47 Å². The molecule has 108 valence electrons. The molecular weight excluding hydrogens is 244 g/mol. The van der Waals surface area contributed by atoms with Gasteiger partial charge in [-0.2, -0.15) is 9.97 Å². The molecule has 0 aliphatic heterocycles. The highest BCUT2D eigenvalue weighted by Gasteiger charge is 2.09. The Hall–Kier alpha value is -1.59. The molecule has 0 aromatic carbocycles. The normalized spacial score (nSPS) is 10.6. The van der Waals surface area contributed by atoms with Crippen LogP contribution in [0.3, 0.4) is 0 Å². The second kappa shape index (κ2) is 8.50. The number of ether oxygens (including phenoxy) is 2. The van der Waals surface area contributed by atoms with Gasteiger partial charge >= 0.3 is 12.0 Å². The summed E-state index contributed by atoms with van der Waals surface area (Å²) in [5, 5.41) is 3.04. The lowest BCUT2D eigenvalue weighted by Crippen LogP contribution is -2.13. The fraction of sp³-hybridized carbons (Fsp3) is 0.769. The minimum atomic E-state index is 0.0183. The second-order valence-electron chi connectivity index (χ2n) is 4.48. The maximum Gasteiger partial charge on any atom is 0.324 e. The first-order chi connectivity index (χ1) is 9.15. The van der Waals surface area contributed by atoms with Crippen molar-refractivity contribution in [1.29, 1.82) is 0 Å². The number of aromatic nitrogens is 3. The smallest absolute Gasteiger partial charge is 0.324 e. The summed E-state index contributed by atoms with van der Waals surface area (Å²) in [6.45, 7) is 9.34. The summed E-state index contributed by atoms with van der Waals surface area (Å²) in [5.41, 5.74) is 0. The zero-order chi connectivity index (χ0) is 14.1. The fourth-order valence-electron chi connectivity index (χ4n) is 1.42. The molecule has 0 aliphatic carbocycles. The zero-order valence-electron chi connectivity index (χ0n) is 12.3. The van der Waals surface area contributed by atoms with Gasteiger partial charge in [0.05, 0.1) is 12.7 Å². The Labute approximate surface area is 115 Å². The molecule has 6 heteroatoms. The summed E-state index contributed by atoms with van der Waals surface area (Å²) in [7, 11) is 0. The van der Waals surface area contributed by atoms with E-state index in [0.29, 0.717) is 24.6 Å². The molecule has 1 aromatic heterocycles. The fourth-order valence-corrected chi connectivity index (χ4v) is 1.42. The van der Waals surface area contributed by atoms with Gasteiger partial charge in [0.25, 0.3) is 0 Å². The Bertz CT molecular complexity index is 372. The van der Waals surface area contributed by atoms with Crippen molar-refractivity contribution in [2.45, 2.75) is 53.1 Å². The van der Waals surface area contributed by atoms with E-state index >= 15 is 0 Å². The van der Waals surface area contributed by atoms with Crippen molar-refractivity contribution in [1.82, 2.24) is 15.0 Å². The minimum absolute atomic E-state index is 0.0183. The van der Waals surface area contributed by atoms with Crippen molar-refractivity contribution >= 4 is 5.95 Å². The van der Waals surface area contributed by atoms with Gasteiger partial charge in [-0.15, -0.1) is 4.98 Å². The van der Waals surface area contributed by atoms with Crippen molar-refractivity contribution in [2.75, 3.05) is 18.5 Å². The van der Waals surface area contributed by atoms with Crippen LogP contribution in [-0.2, 0) is 0 Å². The molecule has 1 heterocycles. The van der Waals surface area contributed by atoms with E-state index in [9.17, 15) is 0 Å². The molecule has 0 radical (unpaired) electrons.